The van der Waals surface area contributed by atoms with Crippen LogP contribution in [-0.4, -0.2) is 27.5 Å². The Labute approximate surface area is 143 Å². The molecular weight excluding hydrogens is 322 g/mol. The van der Waals surface area contributed by atoms with Gasteiger partial charge in [0.2, 0.25) is 0 Å². The van der Waals surface area contributed by atoms with Gasteiger partial charge in [-0.2, -0.15) is 0 Å². The Morgan fingerprint density at radius 3 is 2.92 bits per heavy atom. The molecular formula is C18H17N3O2S. The quantitative estimate of drug-likeness (QED) is 0.719. The van der Waals surface area contributed by atoms with Gasteiger partial charge in [0.05, 0.1) is 6.04 Å². The molecule has 0 bridgehead atoms. The van der Waals surface area contributed by atoms with Crippen LogP contribution >= 0.6 is 11.3 Å². The number of hydrogen-bond donors (Lipinski definition) is 0. The number of hydrogen-bond acceptors (Lipinski definition) is 5. The van der Waals surface area contributed by atoms with Crippen molar-refractivity contribution >= 4 is 17.2 Å². The molecule has 4 rings (SSSR count). The number of benzene rings is 1. The van der Waals surface area contributed by atoms with Crippen LogP contribution < -0.4 is 0 Å². The summed E-state index contributed by atoms with van der Waals surface area (Å²) in [6.45, 7) is 0.739. The molecule has 122 valence electrons. The molecule has 2 aromatic heterocycles. The highest BCUT2D eigenvalue weighted by Crippen LogP contribution is 2.34. The Balaban J connectivity index is 1.67. The van der Waals surface area contributed by atoms with Gasteiger partial charge in [-0.05, 0) is 19.3 Å². The van der Waals surface area contributed by atoms with E-state index in [1.807, 2.05) is 40.6 Å². The maximum absolute atomic E-state index is 13.2. The second-order valence-electron chi connectivity index (χ2n) is 5.82. The summed E-state index contributed by atoms with van der Waals surface area (Å²) in [5.74, 6) is -0.0324. The Hall–Kier alpha value is -2.47. The number of rotatable bonds is 3. The monoisotopic (exact) mass is 339 g/mol. The molecule has 0 aliphatic carbocycles. The fraction of sp³-hybridized carbons (Fsp3) is 0.278. The maximum atomic E-state index is 13.2. The number of nitrogens with zero attached hydrogens (tertiary/aromatic N) is 3. The van der Waals surface area contributed by atoms with Crippen LogP contribution in [0.25, 0.3) is 11.3 Å². The molecule has 0 N–H and O–H groups in total. The topological polar surface area (TPSA) is 59.2 Å². The first-order chi connectivity index (χ1) is 11.8. The third kappa shape index (κ3) is 2.73. The number of aromatic nitrogens is 2. The van der Waals surface area contributed by atoms with Gasteiger partial charge < -0.3 is 9.42 Å². The van der Waals surface area contributed by atoms with Gasteiger partial charge in [0.15, 0.2) is 0 Å². The molecule has 0 unspecified atom stereocenters. The van der Waals surface area contributed by atoms with Gasteiger partial charge >= 0.3 is 0 Å². The van der Waals surface area contributed by atoms with Crippen molar-refractivity contribution in [3.05, 3.63) is 58.7 Å². The fourth-order valence-electron chi connectivity index (χ4n) is 3.18. The molecule has 0 radical (unpaired) electrons. The zero-order valence-corrected chi connectivity index (χ0v) is 13.9. The molecule has 3 heterocycles. The van der Waals surface area contributed by atoms with E-state index in [1.54, 1.807) is 17.5 Å². The Morgan fingerprint density at radius 1 is 1.25 bits per heavy atom. The highest BCUT2D eigenvalue weighted by Gasteiger charge is 2.32. The smallest absolute Gasteiger partial charge is 0.260 e. The van der Waals surface area contributed by atoms with Gasteiger partial charge in [-0.1, -0.05) is 35.5 Å². The Bertz CT molecular complexity index is 814. The van der Waals surface area contributed by atoms with Crippen molar-refractivity contribution in [2.24, 2.45) is 0 Å². The highest BCUT2D eigenvalue weighted by atomic mass is 32.1. The van der Waals surface area contributed by atoms with Crippen LogP contribution in [0.2, 0.25) is 0 Å². The lowest BCUT2D eigenvalue weighted by Crippen LogP contribution is -2.38. The van der Waals surface area contributed by atoms with Gasteiger partial charge in [0.1, 0.15) is 22.5 Å². The number of thiazole rings is 1. The van der Waals surface area contributed by atoms with Crippen molar-refractivity contribution in [2.75, 3.05) is 6.54 Å². The highest BCUT2D eigenvalue weighted by molar-refractivity contribution is 7.09. The van der Waals surface area contributed by atoms with E-state index in [2.05, 4.69) is 10.1 Å². The minimum absolute atomic E-state index is 0.0324. The van der Waals surface area contributed by atoms with Crippen LogP contribution in [0.3, 0.4) is 0 Å². The average molecular weight is 339 g/mol. The zero-order valence-electron chi connectivity index (χ0n) is 13.1. The molecule has 1 amide bonds. The van der Waals surface area contributed by atoms with E-state index in [9.17, 15) is 4.79 Å². The normalized spacial score (nSPS) is 17.8. The third-order valence-corrected chi connectivity index (χ3v) is 5.22. The first kappa shape index (κ1) is 15.1. The van der Waals surface area contributed by atoms with Crippen molar-refractivity contribution in [2.45, 2.75) is 25.3 Å². The van der Waals surface area contributed by atoms with Crippen LogP contribution in [0, 0.1) is 0 Å². The van der Waals surface area contributed by atoms with Crippen molar-refractivity contribution in [1.29, 1.82) is 0 Å². The molecule has 1 aliphatic rings. The van der Waals surface area contributed by atoms with Gasteiger partial charge in [-0.3, -0.25) is 4.79 Å². The van der Waals surface area contributed by atoms with Crippen LogP contribution in [-0.2, 0) is 0 Å². The standard InChI is InChI=1S/C18H17N3O2S/c22-18(14-12-23-20-16(14)13-6-2-1-3-7-13)21-10-5-4-8-15(21)17-19-9-11-24-17/h1-3,6-7,9,11-12,15H,4-5,8,10H2/t15-/m0/s1. The number of likely N-dealkylation sites (tertiary alicyclic amines) is 1. The van der Waals surface area contributed by atoms with Crippen molar-refractivity contribution in [1.82, 2.24) is 15.0 Å². The first-order valence-corrected chi connectivity index (χ1v) is 8.92. The van der Waals surface area contributed by atoms with Crippen molar-refractivity contribution in [3.63, 3.8) is 0 Å². The predicted octanol–water partition coefficient (Wildman–Crippen LogP) is 4.17. The van der Waals surface area contributed by atoms with Gasteiger partial charge in [-0.15, -0.1) is 11.3 Å². The average Bonchev–Trinajstić information content (AvgIpc) is 3.33. The van der Waals surface area contributed by atoms with Crippen molar-refractivity contribution < 1.29 is 9.32 Å². The van der Waals surface area contributed by atoms with E-state index in [1.165, 1.54) is 6.26 Å². The number of amides is 1. The summed E-state index contributed by atoms with van der Waals surface area (Å²) < 4.78 is 5.13. The minimum atomic E-state index is -0.0324. The van der Waals surface area contributed by atoms with E-state index in [0.717, 1.165) is 36.4 Å². The maximum Gasteiger partial charge on any atom is 0.260 e. The first-order valence-electron chi connectivity index (χ1n) is 8.05. The van der Waals surface area contributed by atoms with E-state index in [-0.39, 0.29) is 11.9 Å². The van der Waals surface area contributed by atoms with Crippen LogP contribution in [0.4, 0.5) is 0 Å². The largest absolute Gasteiger partial charge is 0.363 e. The van der Waals surface area contributed by atoms with Crippen LogP contribution in [0.15, 0.2) is 52.7 Å². The summed E-state index contributed by atoms with van der Waals surface area (Å²) >= 11 is 1.60. The summed E-state index contributed by atoms with van der Waals surface area (Å²) in [6, 6.07) is 9.71. The molecule has 5 nitrogen and oxygen atoms in total. The van der Waals surface area contributed by atoms with Crippen LogP contribution in [0.1, 0.15) is 40.7 Å². The summed E-state index contributed by atoms with van der Waals surface area (Å²) in [6.07, 6.45) is 6.33. The summed E-state index contributed by atoms with van der Waals surface area (Å²) in [7, 11) is 0. The second-order valence-corrected chi connectivity index (χ2v) is 6.75. The van der Waals surface area contributed by atoms with Gasteiger partial charge in [0, 0.05) is 23.7 Å². The summed E-state index contributed by atoms with van der Waals surface area (Å²) in [5, 5.41) is 7.02. The van der Waals surface area contributed by atoms with E-state index in [4.69, 9.17) is 4.52 Å². The van der Waals surface area contributed by atoms with E-state index in [0.29, 0.717) is 11.3 Å². The summed E-state index contributed by atoms with van der Waals surface area (Å²) in [5.41, 5.74) is 2.01. The minimum Gasteiger partial charge on any atom is -0.363 e. The molecule has 3 aromatic rings. The molecule has 1 saturated heterocycles. The Morgan fingerprint density at radius 2 is 2.12 bits per heavy atom. The number of carbonyl (C=O) groups is 1. The van der Waals surface area contributed by atoms with E-state index < -0.39 is 0 Å². The van der Waals surface area contributed by atoms with Gasteiger partial charge in [-0.25, -0.2) is 4.98 Å². The van der Waals surface area contributed by atoms with Crippen molar-refractivity contribution in [3.8, 4) is 11.3 Å². The predicted molar refractivity (Wildman–Crippen MR) is 91.7 cm³/mol. The van der Waals surface area contributed by atoms with Crippen LogP contribution in [0.5, 0.6) is 0 Å². The molecule has 0 saturated carbocycles. The molecule has 1 atom stereocenters. The summed E-state index contributed by atoms with van der Waals surface area (Å²) in [4.78, 5) is 19.5. The molecule has 1 aromatic carbocycles. The van der Waals surface area contributed by atoms with E-state index >= 15 is 0 Å². The molecule has 1 fully saturated rings. The lowest BCUT2D eigenvalue weighted by molar-refractivity contribution is 0.0611. The van der Waals surface area contributed by atoms with Gasteiger partial charge in [0.25, 0.3) is 5.91 Å². The fourth-order valence-corrected chi connectivity index (χ4v) is 3.96. The molecule has 1 aliphatic heterocycles. The molecule has 6 heteroatoms. The SMILES string of the molecule is O=C(c1conc1-c1ccccc1)N1CCCC[C@H]1c1nccs1. The third-order valence-electron chi connectivity index (χ3n) is 4.35. The lowest BCUT2D eigenvalue weighted by Gasteiger charge is -2.34. The molecule has 0 spiro atoms. The zero-order chi connectivity index (χ0) is 16.4. The Kier molecular flexibility index (Phi) is 4.13. The molecule has 24 heavy (non-hydrogen) atoms. The number of piperidine rings is 1. The lowest BCUT2D eigenvalue weighted by atomic mass is 10.0. The number of carbonyl (C=O) groups excluding carboxylic acids is 1. The second kappa shape index (κ2) is 6.57.